The van der Waals surface area contributed by atoms with Gasteiger partial charge in [0.1, 0.15) is 5.76 Å². The standard InChI is InChI=1S/C16H17NO2/c1-12(18)16-7-6-15(19-16)11-17-9-8-13-4-2-3-5-14(13)10-17/h2-7H,8-11H2,1H3. The molecule has 3 rings (SSSR count). The van der Waals surface area contributed by atoms with Gasteiger partial charge in [0.2, 0.25) is 0 Å². The number of fused-ring (bicyclic) bond motifs is 1. The molecule has 1 aliphatic rings. The lowest BCUT2D eigenvalue weighted by Crippen LogP contribution is -2.29. The summed E-state index contributed by atoms with van der Waals surface area (Å²) in [6.07, 6.45) is 1.08. The Kier molecular flexibility index (Phi) is 3.22. The molecule has 0 amide bonds. The van der Waals surface area contributed by atoms with Crippen LogP contribution < -0.4 is 0 Å². The van der Waals surface area contributed by atoms with Gasteiger partial charge in [-0.25, -0.2) is 0 Å². The molecular weight excluding hydrogens is 238 g/mol. The summed E-state index contributed by atoms with van der Waals surface area (Å²) in [6.45, 7) is 4.28. The Balaban J connectivity index is 1.70. The predicted molar refractivity (Wildman–Crippen MR) is 73.0 cm³/mol. The molecule has 2 heterocycles. The highest BCUT2D eigenvalue weighted by atomic mass is 16.3. The zero-order chi connectivity index (χ0) is 13.2. The molecule has 19 heavy (non-hydrogen) atoms. The Morgan fingerprint density at radius 1 is 1.21 bits per heavy atom. The molecule has 0 spiro atoms. The maximum atomic E-state index is 11.2. The van der Waals surface area contributed by atoms with Crippen molar-refractivity contribution in [2.45, 2.75) is 26.4 Å². The van der Waals surface area contributed by atoms with Crippen molar-refractivity contribution in [3.05, 3.63) is 59.0 Å². The van der Waals surface area contributed by atoms with E-state index in [1.54, 1.807) is 6.07 Å². The van der Waals surface area contributed by atoms with E-state index in [0.717, 1.165) is 31.8 Å². The second kappa shape index (κ2) is 5.02. The molecule has 1 aromatic heterocycles. The molecule has 0 unspecified atom stereocenters. The van der Waals surface area contributed by atoms with Crippen LogP contribution in [-0.2, 0) is 19.5 Å². The molecule has 0 aliphatic carbocycles. The normalized spacial score (nSPS) is 15.2. The molecule has 2 aromatic rings. The van der Waals surface area contributed by atoms with Gasteiger partial charge >= 0.3 is 0 Å². The number of rotatable bonds is 3. The second-order valence-corrected chi connectivity index (χ2v) is 5.05. The SMILES string of the molecule is CC(=O)c1ccc(CN2CCc3ccccc3C2)o1. The number of Topliss-reactive ketones (excluding diaryl/α,β-unsaturated/α-hetero) is 1. The van der Waals surface area contributed by atoms with Crippen LogP contribution in [0.15, 0.2) is 40.8 Å². The van der Waals surface area contributed by atoms with Crippen LogP contribution in [-0.4, -0.2) is 17.2 Å². The van der Waals surface area contributed by atoms with Crippen LogP contribution in [0.5, 0.6) is 0 Å². The van der Waals surface area contributed by atoms with Crippen LogP contribution in [0.3, 0.4) is 0 Å². The summed E-state index contributed by atoms with van der Waals surface area (Å²) < 4.78 is 5.54. The first-order valence-electron chi connectivity index (χ1n) is 6.61. The van der Waals surface area contributed by atoms with Crippen LogP contribution in [0.2, 0.25) is 0 Å². The van der Waals surface area contributed by atoms with Crippen LogP contribution in [0.25, 0.3) is 0 Å². The highest BCUT2D eigenvalue weighted by molar-refractivity contribution is 5.91. The number of benzene rings is 1. The van der Waals surface area contributed by atoms with E-state index in [4.69, 9.17) is 4.42 Å². The van der Waals surface area contributed by atoms with Gasteiger partial charge in [-0.3, -0.25) is 9.69 Å². The number of hydrogen-bond donors (Lipinski definition) is 0. The monoisotopic (exact) mass is 255 g/mol. The fraction of sp³-hybridized carbons (Fsp3) is 0.312. The maximum absolute atomic E-state index is 11.2. The quantitative estimate of drug-likeness (QED) is 0.790. The van der Waals surface area contributed by atoms with Crippen molar-refractivity contribution in [3.8, 4) is 0 Å². The van der Waals surface area contributed by atoms with Crippen LogP contribution in [0.4, 0.5) is 0 Å². The van der Waals surface area contributed by atoms with Crippen molar-refractivity contribution >= 4 is 5.78 Å². The van der Waals surface area contributed by atoms with Gasteiger partial charge in [-0.05, 0) is 29.7 Å². The molecule has 98 valence electrons. The van der Waals surface area contributed by atoms with Gasteiger partial charge in [0.15, 0.2) is 11.5 Å². The Morgan fingerprint density at radius 2 is 2.00 bits per heavy atom. The first kappa shape index (κ1) is 12.2. The van der Waals surface area contributed by atoms with E-state index < -0.39 is 0 Å². The number of furan rings is 1. The van der Waals surface area contributed by atoms with E-state index in [0.29, 0.717) is 5.76 Å². The van der Waals surface area contributed by atoms with E-state index >= 15 is 0 Å². The fourth-order valence-electron chi connectivity index (χ4n) is 2.56. The highest BCUT2D eigenvalue weighted by Crippen LogP contribution is 2.20. The number of carbonyl (C=O) groups is 1. The molecular formula is C16H17NO2. The smallest absolute Gasteiger partial charge is 0.194 e. The lowest BCUT2D eigenvalue weighted by atomic mass is 10.00. The predicted octanol–water partition coefficient (Wildman–Crippen LogP) is 3.04. The summed E-state index contributed by atoms with van der Waals surface area (Å²) in [5, 5.41) is 0. The molecule has 0 saturated carbocycles. The number of nitrogens with zero attached hydrogens (tertiary/aromatic N) is 1. The van der Waals surface area contributed by atoms with Gasteiger partial charge in [0.25, 0.3) is 0 Å². The molecule has 0 atom stereocenters. The Bertz CT molecular complexity index is 600. The summed E-state index contributed by atoms with van der Waals surface area (Å²) in [4.78, 5) is 13.6. The third-order valence-corrected chi connectivity index (χ3v) is 3.60. The number of carbonyl (C=O) groups excluding carboxylic acids is 1. The largest absolute Gasteiger partial charge is 0.457 e. The summed E-state index contributed by atoms with van der Waals surface area (Å²) in [5.74, 6) is 1.30. The number of ketones is 1. The van der Waals surface area contributed by atoms with Gasteiger partial charge in [-0.1, -0.05) is 24.3 Å². The maximum Gasteiger partial charge on any atom is 0.194 e. The molecule has 3 nitrogen and oxygen atoms in total. The summed E-state index contributed by atoms with van der Waals surface area (Å²) in [7, 11) is 0. The number of hydrogen-bond acceptors (Lipinski definition) is 3. The molecule has 0 N–H and O–H groups in total. The second-order valence-electron chi connectivity index (χ2n) is 5.05. The summed E-state index contributed by atoms with van der Waals surface area (Å²) in [6, 6.07) is 12.2. The van der Waals surface area contributed by atoms with Gasteiger partial charge in [0.05, 0.1) is 6.54 Å². The van der Waals surface area contributed by atoms with E-state index in [-0.39, 0.29) is 5.78 Å². The topological polar surface area (TPSA) is 33.5 Å². The third kappa shape index (κ3) is 2.61. The minimum Gasteiger partial charge on any atom is -0.457 e. The van der Waals surface area contributed by atoms with E-state index in [1.165, 1.54) is 18.1 Å². The molecule has 0 saturated heterocycles. The molecule has 3 heteroatoms. The zero-order valence-corrected chi connectivity index (χ0v) is 11.1. The summed E-state index contributed by atoms with van der Waals surface area (Å²) >= 11 is 0. The van der Waals surface area contributed by atoms with E-state index in [2.05, 4.69) is 29.2 Å². The minimum atomic E-state index is -0.0183. The highest BCUT2D eigenvalue weighted by Gasteiger charge is 2.17. The van der Waals surface area contributed by atoms with Gasteiger partial charge < -0.3 is 4.42 Å². The fourth-order valence-corrected chi connectivity index (χ4v) is 2.56. The van der Waals surface area contributed by atoms with Crippen molar-refractivity contribution in [1.29, 1.82) is 0 Å². The third-order valence-electron chi connectivity index (χ3n) is 3.60. The molecule has 0 fully saturated rings. The van der Waals surface area contributed by atoms with Crippen molar-refractivity contribution < 1.29 is 9.21 Å². The molecule has 1 aliphatic heterocycles. The average Bonchev–Trinajstić information content (AvgIpc) is 2.87. The van der Waals surface area contributed by atoms with E-state index in [9.17, 15) is 4.79 Å². The Morgan fingerprint density at radius 3 is 2.74 bits per heavy atom. The average molecular weight is 255 g/mol. The summed E-state index contributed by atoms with van der Waals surface area (Å²) in [5.41, 5.74) is 2.84. The first-order valence-corrected chi connectivity index (χ1v) is 6.61. The molecule has 1 aromatic carbocycles. The van der Waals surface area contributed by atoms with Crippen LogP contribution in [0.1, 0.15) is 34.4 Å². The van der Waals surface area contributed by atoms with Crippen molar-refractivity contribution in [3.63, 3.8) is 0 Å². The molecule has 0 bridgehead atoms. The lowest BCUT2D eigenvalue weighted by Gasteiger charge is -2.27. The van der Waals surface area contributed by atoms with Gasteiger partial charge in [-0.15, -0.1) is 0 Å². The van der Waals surface area contributed by atoms with Crippen molar-refractivity contribution in [2.75, 3.05) is 6.54 Å². The van der Waals surface area contributed by atoms with Crippen molar-refractivity contribution in [2.24, 2.45) is 0 Å². The Hall–Kier alpha value is -1.87. The van der Waals surface area contributed by atoms with Crippen LogP contribution >= 0.6 is 0 Å². The Labute approximate surface area is 112 Å². The minimum absolute atomic E-state index is 0.0183. The van der Waals surface area contributed by atoms with Crippen LogP contribution in [0, 0.1) is 0 Å². The lowest BCUT2D eigenvalue weighted by molar-refractivity contribution is 0.0983. The molecule has 0 radical (unpaired) electrons. The van der Waals surface area contributed by atoms with Gasteiger partial charge in [0, 0.05) is 20.0 Å². The van der Waals surface area contributed by atoms with Gasteiger partial charge in [-0.2, -0.15) is 0 Å². The first-order chi connectivity index (χ1) is 9.22. The van der Waals surface area contributed by atoms with E-state index in [1.807, 2.05) is 6.07 Å². The zero-order valence-electron chi connectivity index (χ0n) is 11.1. The van der Waals surface area contributed by atoms with Crippen molar-refractivity contribution in [1.82, 2.24) is 4.90 Å².